The molecule has 0 bridgehead atoms. The molecule has 4 nitrogen and oxygen atoms in total. The number of aromatic nitrogens is 2. The van der Waals surface area contributed by atoms with E-state index < -0.39 is 0 Å². The Hall–Kier alpha value is -1.94. The van der Waals surface area contributed by atoms with Gasteiger partial charge in [0.05, 0.1) is 6.61 Å². The van der Waals surface area contributed by atoms with E-state index in [-0.39, 0.29) is 6.61 Å². The Morgan fingerprint density at radius 3 is 2.79 bits per heavy atom. The van der Waals surface area contributed by atoms with Gasteiger partial charge >= 0.3 is 0 Å². The lowest BCUT2D eigenvalue weighted by molar-refractivity contribution is 0.281. The zero-order chi connectivity index (χ0) is 13.7. The van der Waals surface area contributed by atoms with Gasteiger partial charge < -0.3 is 10.0 Å². The van der Waals surface area contributed by atoms with Gasteiger partial charge in [-0.15, -0.1) is 0 Å². The van der Waals surface area contributed by atoms with Gasteiger partial charge in [0.2, 0.25) is 0 Å². The predicted octanol–water partition coefficient (Wildman–Crippen LogP) is 1.96. The number of aliphatic hydroxyl groups excluding tert-OH is 1. The van der Waals surface area contributed by atoms with Crippen molar-refractivity contribution < 1.29 is 5.11 Å². The molecule has 0 saturated carbocycles. The average Bonchev–Trinajstić information content (AvgIpc) is 2.46. The second-order valence-corrected chi connectivity index (χ2v) is 4.61. The summed E-state index contributed by atoms with van der Waals surface area (Å²) < 4.78 is 0. The highest BCUT2D eigenvalue weighted by atomic mass is 16.3. The Morgan fingerprint density at radius 1 is 1.26 bits per heavy atom. The number of anilines is 1. The fraction of sp³-hybridized carbons (Fsp3) is 0.333. The molecule has 0 amide bonds. The van der Waals surface area contributed by atoms with Crippen LogP contribution in [0.25, 0.3) is 0 Å². The van der Waals surface area contributed by atoms with E-state index in [1.54, 1.807) is 6.20 Å². The number of rotatable bonds is 5. The van der Waals surface area contributed by atoms with E-state index in [0.29, 0.717) is 0 Å². The topological polar surface area (TPSA) is 49.2 Å². The van der Waals surface area contributed by atoms with Crippen LogP contribution < -0.4 is 4.90 Å². The summed E-state index contributed by atoms with van der Waals surface area (Å²) in [7, 11) is 2.02. The van der Waals surface area contributed by atoms with Gasteiger partial charge in [0.15, 0.2) is 0 Å². The summed E-state index contributed by atoms with van der Waals surface area (Å²) in [5.74, 6) is 0. The van der Waals surface area contributed by atoms with Crippen molar-refractivity contribution in [1.82, 2.24) is 9.97 Å². The van der Waals surface area contributed by atoms with Gasteiger partial charge in [-0.1, -0.05) is 6.07 Å². The van der Waals surface area contributed by atoms with E-state index in [1.807, 2.05) is 44.4 Å². The van der Waals surface area contributed by atoms with Gasteiger partial charge in [-0.05, 0) is 25.1 Å². The molecular formula is C15H19N3O. The Kier molecular flexibility index (Phi) is 4.47. The van der Waals surface area contributed by atoms with Gasteiger partial charge in [-0.25, -0.2) is 0 Å². The highest BCUT2D eigenvalue weighted by Gasteiger charge is 2.08. The Balaban J connectivity index is 2.07. The minimum Gasteiger partial charge on any atom is -0.392 e. The van der Waals surface area contributed by atoms with Gasteiger partial charge in [0.1, 0.15) is 0 Å². The number of hydrogen-bond acceptors (Lipinski definition) is 4. The van der Waals surface area contributed by atoms with Crippen molar-refractivity contribution >= 4 is 5.69 Å². The van der Waals surface area contributed by atoms with Crippen molar-refractivity contribution in [2.24, 2.45) is 0 Å². The average molecular weight is 257 g/mol. The van der Waals surface area contributed by atoms with E-state index in [4.69, 9.17) is 0 Å². The molecule has 0 radical (unpaired) electrons. The van der Waals surface area contributed by atoms with Crippen molar-refractivity contribution in [3.8, 4) is 0 Å². The molecule has 2 aromatic rings. The van der Waals surface area contributed by atoms with Gasteiger partial charge in [-0.3, -0.25) is 9.97 Å². The number of pyridine rings is 2. The van der Waals surface area contributed by atoms with Crippen LogP contribution in [0.1, 0.15) is 17.0 Å². The summed E-state index contributed by atoms with van der Waals surface area (Å²) in [4.78, 5) is 10.7. The molecule has 0 aliphatic carbocycles. The third-order valence-corrected chi connectivity index (χ3v) is 3.11. The molecule has 0 unspecified atom stereocenters. The highest BCUT2D eigenvalue weighted by molar-refractivity contribution is 5.52. The van der Waals surface area contributed by atoms with E-state index in [9.17, 15) is 5.11 Å². The summed E-state index contributed by atoms with van der Waals surface area (Å²) in [5.41, 5.74) is 3.92. The van der Waals surface area contributed by atoms with E-state index in [1.165, 1.54) is 0 Å². The Morgan fingerprint density at radius 2 is 2.11 bits per heavy atom. The fourth-order valence-corrected chi connectivity index (χ4v) is 2.00. The maximum Gasteiger partial charge on any atom is 0.0717 e. The summed E-state index contributed by atoms with van der Waals surface area (Å²) in [6, 6.07) is 7.95. The second kappa shape index (κ2) is 6.29. The lowest BCUT2D eigenvalue weighted by Crippen LogP contribution is -2.22. The molecule has 0 aliphatic heterocycles. The lowest BCUT2D eigenvalue weighted by atomic mass is 10.2. The van der Waals surface area contributed by atoms with Crippen molar-refractivity contribution in [2.45, 2.75) is 20.0 Å². The molecule has 1 N–H and O–H groups in total. The van der Waals surface area contributed by atoms with Crippen LogP contribution in [0.2, 0.25) is 0 Å². The molecular weight excluding hydrogens is 238 g/mol. The van der Waals surface area contributed by atoms with Gasteiger partial charge in [0, 0.05) is 55.0 Å². The normalized spacial score (nSPS) is 10.5. The molecule has 2 rings (SSSR count). The zero-order valence-corrected chi connectivity index (χ0v) is 11.4. The molecule has 19 heavy (non-hydrogen) atoms. The summed E-state index contributed by atoms with van der Waals surface area (Å²) in [6.07, 6.45) is 4.43. The van der Waals surface area contributed by atoms with E-state index in [2.05, 4.69) is 14.9 Å². The smallest absolute Gasteiger partial charge is 0.0717 e. The SMILES string of the molecule is Cc1cc(N(C)CCc2ccccn2)c(CO)cn1. The number of aliphatic hydroxyl groups is 1. The molecule has 0 spiro atoms. The van der Waals surface area contributed by atoms with Crippen LogP contribution in [0.3, 0.4) is 0 Å². The fourth-order valence-electron chi connectivity index (χ4n) is 2.00. The first-order valence-corrected chi connectivity index (χ1v) is 6.38. The first-order chi connectivity index (χ1) is 9.20. The minimum atomic E-state index is 0.0105. The van der Waals surface area contributed by atoms with Crippen LogP contribution in [-0.2, 0) is 13.0 Å². The second-order valence-electron chi connectivity index (χ2n) is 4.61. The molecule has 100 valence electrons. The van der Waals surface area contributed by atoms with Crippen molar-refractivity contribution in [3.05, 3.63) is 53.6 Å². The number of hydrogen-bond donors (Lipinski definition) is 1. The number of likely N-dealkylation sites (N-methyl/N-ethyl adjacent to an activating group) is 1. The minimum absolute atomic E-state index is 0.0105. The van der Waals surface area contributed by atoms with Gasteiger partial charge in [-0.2, -0.15) is 0 Å². The molecule has 0 aromatic carbocycles. The van der Waals surface area contributed by atoms with Crippen LogP contribution in [0.4, 0.5) is 5.69 Å². The largest absolute Gasteiger partial charge is 0.392 e. The van der Waals surface area contributed by atoms with Crippen LogP contribution in [-0.4, -0.2) is 28.7 Å². The maximum atomic E-state index is 9.36. The Bertz CT molecular complexity index is 528. The molecule has 0 saturated heterocycles. The predicted molar refractivity (Wildman–Crippen MR) is 76.1 cm³/mol. The first kappa shape index (κ1) is 13.5. The Labute approximate surface area is 113 Å². The standard InChI is InChI=1S/C15H19N3O/c1-12-9-15(13(11-19)10-17-12)18(2)8-6-14-5-3-4-7-16-14/h3-5,7,9-10,19H,6,8,11H2,1-2H3. The first-order valence-electron chi connectivity index (χ1n) is 6.38. The van der Waals surface area contributed by atoms with Crippen LogP contribution in [0.5, 0.6) is 0 Å². The van der Waals surface area contributed by atoms with Crippen LogP contribution >= 0.6 is 0 Å². The van der Waals surface area contributed by atoms with E-state index in [0.717, 1.165) is 35.6 Å². The van der Waals surface area contributed by atoms with Crippen molar-refractivity contribution in [1.29, 1.82) is 0 Å². The van der Waals surface area contributed by atoms with Crippen molar-refractivity contribution in [2.75, 3.05) is 18.5 Å². The molecule has 0 aliphatic rings. The zero-order valence-electron chi connectivity index (χ0n) is 11.4. The monoisotopic (exact) mass is 257 g/mol. The van der Waals surface area contributed by atoms with Crippen molar-refractivity contribution in [3.63, 3.8) is 0 Å². The van der Waals surface area contributed by atoms with Crippen LogP contribution in [0, 0.1) is 6.92 Å². The maximum absolute atomic E-state index is 9.36. The lowest BCUT2D eigenvalue weighted by Gasteiger charge is -2.22. The third-order valence-electron chi connectivity index (χ3n) is 3.11. The quantitative estimate of drug-likeness (QED) is 0.889. The molecule has 0 atom stereocenters. The number of aryl methyl sites for hydroxylation is 1. The molecule has 2 heterocycles. The number of nitrogens with zero attached hydrogens (tertiary/aromatic N) is 3. The van der Waals surface area contributed by atoms with E-state index >= 15 is 0 Å². The molecule has 0 fully saturated rings. The molecule has 4 heteroatoms. The van der Waals surface area contributed by atoms with Crippen LogP contribution in [0.15, 0.2) is 36.7 Å². The highest BCUT2D eigenvalue weighted by Crippen LogP contribution is 2.19. The summed E-state index contributed by atoms with van der Waals surface area (Å²) in [5, 5.41) is 9.36. The molecule has 2 aromatic heterocycles. The van der Waals surface area contributed by atoms with Gasteiger partial charge in [0.25, 0.3) is 0 Å². The third kappa shape index (κ3) is 3.51. The summed E-state index contributed by atoms with van der Waals surface area (Å²) >= 11 is 0. The summed E-state index contributed by atoms with van der Waals surface area (Å²) in [6.45, 7) is 2.82.